The maximum atomic E-state index is 11.0. The Hall–Kier alpha value is -2.27. The minimum absolute atomic E-state index is 0.000299. The SMILES string of the molecule is CC(C)(C)c1ccc(-c2ccc(C(=O)O)cc2)c2nsnc12. The van der Waals surface area contributed by atoms with Crippen LogP contribution in [-0.2, 0) is 5.41 Å². The molecule has 0 aliphatic carbocycles. The molecule has 0 aliphatic heterocycles. The molecule has 1 aromatic heterocycles. The smallest absolute Gasteiger partial charge is 0.335 e. The predicted molar refractivity (Wildman–Crippen MR) is 88.5 cm³/mol. The third-order valence-corrected chi connectivity index (χ3v) is 4.19. The van der Waals surface area contributed by atoms with E-state index in [1.54, 1.807) is 12.1 Å². The highest BCUT2D eigenvalue weighted by atomic mass is 32.1. The zero-order chi connectivity index (χ0) is 15.9. The van der Waals surface area contributed by atoms with E-state index in [9.17, 15) is 4.79 Å². The van der Waals surface area contributed by atoms with Crippen LogP contribution in [0.3, 0.4) is 0 Å². The van der Waals surface area contributed by atoms with Crippen LogP contribution in [0, 0.1) is 0 Å². The van der Waals surface area contributed by atoms with E-state index in [-0.39, 0.29) is 11.0 Å². The number of nitrogens with zero attached hydrogens (tertiary/aromatic N) is 2. The van der Waals surface area contributed by atoms with Crippen molar-refractivity contribution in [3.8, 4) is 11.1 Å². The standard InChI is InChI=1S/C17H16N2O2S/c1-17(2,3)13-9-8-12(14-15(13)19-22-18-14)10-4-6-11(7-5-10)16(20)21/h4-9H,1-3H3,(H,20,21). The fourth-order valence-electron chi connectivity index (χ4n) is 2.50. The van der Waals surface area contributed by atoms with Gasteiger partial charge < -0.3 is 5.11 Å². The second kappa shape index (κ2) is 5.18. The van der Waals surface area contributed by atoms with Crippen molar-refractivity contribution in [1.82, 2.24) is 8.75 Å². The first-order valence-electron chi connectivity index (χ1n) is 6.97. The molecule has 5 heteroatoms. The van der Waals surface area contributed by atoms with E-state index >= 15 is 0 Å². The van der Waals surface area contributed by atoms with Gasteiger partial charge in [0, 0.05) is 5.56 Å². The van der Waals surface area contributed by atoms with Gasteiger partial charge in [-0.3, -0.25) is 0 Å². The second-order valence-corrected chi connectivity index (χ2v) is 6.78. The zero-order valence-corrected chi connectivity index (χ0v) is 13.4. The van der Waals surface area contributed by atoms with E-state index in [1.165, 1.54) is 17.3 Å². The minimum atomic E-state index is -0.921. The van der Waals surface area contributed by atoms with Gasteiger partial charge in [0.25, 0.3) is 0 Å². The van der Waals surface area contributed by atoms with Crippen molar-refractivity contribution < 1.29 is 9.90 Å². The predicted octanol–water partition coefficient (Wildman–Crippen LogP) is 4.35. The highest BCUT2D eigenvalue weighted by Gasteiger charge is 2.21. The monoisotopic (exact) mass is 312 g/mol. The Kier molecular flexibility index (Phi) is 3.45. The highest BCUT2D eigenvalue weighted by Crippen LogP contribution is 2.34. The number of carboxylic acids is 1. The molecule has 3 rings (SSSR count). The molecule has 1 N–H and O–H groups in total. The molecule has 0 atom stereocenters. The van der Waals surface area contributed by atoms with Crippen molar-refractivity contribution in [2.24, 2.45) is 0 Å². The van der Waals surface area contributed by atoms with Gasteiger partial charge in [0.1, 0.15) is 11.0 Å². The molecule has 0 saturated carbocycles. The number of carboxylic acid groups (broad SMARTS) is 1. The maximum Gasteiger partial charge on any atom is 0.335 e. The molecule has 3 aromatic rings. The van der Waals surface area contributed by atoms with Crippen molar-refractivity contribution in [3.05, 3.63) is 47.5 Å². The Bertz CT molecular complexity index is 845. The zero-order valence-electron chi connectivity index (χ0n) is 12.6. The van der Waals surface area contributed by atoms with Gasteiger partial charge in [0.15, 0.2) is 0 Å². The molecule has 4 nitrogen and oxygen atoms in total. The number of rotatable bonds is 2. The van der Waals surface area contributed by atoms with Crippen LogP contribution in [0.4, 0.5) is 0 Å². The van der Waals surface area contributed by atoms with Gasteiger partial charge in [0.2, 0.25) is 0 Å². The van der Waals surface area contributed by atoms with E-state index in [4.69, 9.17) is 5.11 Å². The summed E-state index contributed by atoms with van der Waals surface area (Å²) in [7, 11) is 0. The molecule has 0 radical (unpaired) electrons. The first kappa shape index (κ1) is 14.7. The summed E-state index contributed by atoms with van der Waals surface area (Å²) in [5, 5.41) is 8.99. The maximum absolute atomic E-state index is 11.0. The lowest BCUT2D eigenvalue weighted by Gasteiger charge is -2.19. The lowest BCUT2D eigenvalue weighted by atomic mass is 9.85. The summed E-state index contributed by atoms with van der Waals surface area (Å²) in [4.78, 5) is 11.0. The van der Waals surface area contributed by atoms with Gasteiger partial charge in [-0.05, 0) is 28.7 Å². The fourth-order valence-corrected chi connectivity index (χ4v) is 3.07. The van der Waals surface area contributed by atoms with E-state index in [2.05, 4.69) is 35.6 Å². The van der Waals surface area contributed by atoms with Crippen LogP contribution >= 0.6 is 11.7 Å². The van der Waals surface area contributed by atoms with Crippen molar-refractivity contribution in [2.45, 2.75) is 26.2 Å². The van der Waals surface area contributed by atoms with Gasteiger partial charge in [-0.25, -0.2) is 4.79 Å². The minimum Gasteiger partial charge on any atom is -0.478 e. The van der Waals surface area contributed by atoms with E-state index in [1.807, 2.05) is 18.2 Å². The van der Waals surface area contributed by atoms with E-state index in [0.717, 1.165) is 22.2 Å². The molecule has 2 aromatic carbocycles. The molecule has 0 bridgehead atoms. The van der Waals surface area contributed by atoms with Crippen LogP contribution in [-0.4, -0.2) is 19.8 Å². The lowest BCUT2D eigenvalue weighted by molar-refractivity contribution is 0.0697. The normalized spacial score (nSPS) is 11.8. The Morgan fingerprint density at radius 1 is 1.00 bits per heavy atom. The van der Waals surface area contributed by atoms with Gasteiger partial charge in [-0.1, -0.05) is 45.0 Å². The Labute approximate surface area is 132 Å². The van der Waals surface area contributed by atoms with Crippen LogP contribution in [0.25, 0.3) is 22.2 Å². The number of carbonyl (C=O) groups is 1. The second-order valence-electron chi connectivity index (χ2n) is 6.25. The van der Waals surface area contributed by atoms with Gasteiger partial charge in [0.05, 0.1) is 17.3 Å². The number of benzene rings is 2. The van der Waals surface area contributed by atoms with Gasteiger partial charge in [-0.2, -0.15) is 8.75 Å². The van der Waals surface area contributed by atoms with Crippen molar-refractivity contribution in [1.29, 1.82) is 0 Å². The quantitative estimate of drug-likeness (QED) is 0.764. The Morgan fingerprint density at radius 2 is 1.64 bits per heavy atom. The Balaban J connectivity index is 2.16. The number of fused-ring (bicyclic) bond motifs is 1. The van der Waals surface area contributed by atoms with Crippen molar-refractivity contribution in [2.75, 3.05) is 0 Å². The van der Waals surface area contributed by atoms with Crippen molar-refractivity contribution in [3.63, 3.8) is 0 Å². The molecule has 0 aliphatic rings. The molecule has 22 heavy (non-hydrogen) atoms. The number of aromatic carboxylic acids is 1. The molecule has 0 spiro atoms. The van der Waals surface area contributed by atoms with E-state index in [0.29, 0.717) is 0 Å². The van der Waals surface area contributed by atoms with Crippen LogP contribution in [0.1, 0.15) is 36.7 Å². The molecule has 0 saturated heterocycles. The molecular weight excluding hydrogens is 296 g/mol. The first-order chi connectivity index (χ1) is 10.4. The molecular formula is C17H16N2O2S. The number of hydrogen-bond donors (Lipinski definition) is 1. The topological polar surface area (TPSA) is 63.1 Å². The highest BCUT2D eigenvalue weighted by molar-refractivity contribution is 7.00. The summed E-state index contributed by atoms with van der Waals surface area (Å²) in [5.41, 5.74) is 5.18. The fraction of sp³-hybridized carbons (Fsp3) is 0.235. The first-order valence-corrected chi connectivity index (χ1v) is 7.70. The molecule has 112 valence electrons. The Morgan fingerprint density at radius 3 is 2.23 bits per heavy atom. The van der Waals surface area contributed by atoms with Gasteiger partial charge >= 0.3 is 5.97 Å². The molecule has 1 heterocycles. The summed E-state index contributed by atoms with van der Waals surface area (Å²) in [6.07, 6.45) is 0. The lowest BCUT2D eigenvalue weighted by Crippen LogP contribution is -2.11. The molecule has 0 fully saturated rings. The molecule has 0 unspecified atom stereocenters. The van der Waals surface area contributed by atoms with Crippen LogP contribution in [0.2, 0.25) is 0 Å². The summed E-state index contributed by atoms with van der Waals surface area (Å²) >= 11 is 1.21. The molecule has 0 amide bonds. The average Bonchev–Trinajstić information content (AvgIpc) is 2.94. The average molecular weight is 312 g/mol. The van der Waals surface area contributed by atoms with E-state index < -0.39 is 5.97 Å². The third-order valence-electron chi connectivity index (χ3n) is 3.67. The van der Waals surface area contributed by atoms with Crippen molar-refractivity contribution >= 4 is 28.7 Å². The van der Waals surface area contributed by atoms with Crippen LogP contribution < -0.4 is 0 Å². The van der Waals surface area contributed by atoms with Crippen LogP contribution in [0.5, 0.6) is 0 Å². The third kappa shape index (κ3) is 2.48. The van der Waals surface area contributed by atoms with Crippen LogP contribution in [0.15, 0.2) is 36.4 Å². The summed E-state index contributed by atoms with van der Waals surface area (Å²) in [5.74, 6) is -0.921. The largest absolute Gasteiger partial charge is 0.478 e. The number of hydrogen-bond acceptors (Lipinski definition) is 4. The number of aromatic nitrogens is 2. The summed E-state index contributed by atoms with van der Waals surface area (Å²) in [6.45, 7) is 6.47. The summed E-state index contributed by atoms with van der Waals surface area (Å²) in [6, 6.07) is 11.0. The summed E-state index contributed by atoms with van der Waals surface area (Å²) < 4.78 is 8.89. The van der Waals surface area contributed by atoms with Gasteiger partial charge in [-0.15, -0.1) is 0 Å².